The summed E-state index contributed by atoms with van der Waals surface area (Å²) in [5, 5.41) is 8.41. The van der Waals surface area contributed by atoms with Crippen molar-refractivity contribution in [2.45, 2.75) is 38.5 Å². The van der Waals surface area contributed by atoms with Crippen LogP contribution >= 0.6 is 0 Å². The molecule has 18 heavy (non-hydrogen) atoms. The number of carboxylic acid groups (broad SMARTS) is 1. The summed E-state index contributed by atoms with van der Waals surface area (Å²) in [4.78, 5) is 31.0. The first-order valence-corrected chi connectivity index (χ1v) is 5.87. The van der Waals surface area contributed by atoms with Gasteiger partial charge in [-0.05, 0) is 12.8 Å². The molecule has 104 valence electrons. The van der Waals surface area contributed by atoms with Gasteiger partial charge in [0.05, 0.1) is 33.0 Å². The third kappa shape index (κ3) is 7.65. The van der Waals surface area contributed by atoms with E-state index in [9.17, 15) is 14.4 Å². The topological polar surface area (TPSA) is 89.9 Å². The molecule has 1 rings (SSSR count). The second-order valence-corrected chi connectivity index (χ2v) is 3.97. The number of rotatable bonds is 4. The summed E-state index contributed by atoms with van der Waals surface area (Å²) in [6.45, 7) is 0. The first-order chi connectivity index (χ1) is 8.51. The van der Waals surface area contributed by atoms with E-state index in [1.165, 1.54) is 14.2 Å². The summed E-state index contributed by atoms with van der Waals surface area (Å²) < 4.78 is 8.60. The van der Waals surface area contributed by atoms with E-state index in [0.29, 0.717) is 0 Å². The maximum Gasteiger partial charge on any atom is 0.306 e. The first kappa shape index (κ1) is 16.4. The van der Waals surface area contributed by atoms with Gasteiger partial charge in [-0.1, -0.05) is 12.8 Å². The monoisotopic (exact) mass is 260 g/mol. The SMILES string of the molecule is COC(=O)CCC(=O)OC.O=C(O)C1CCCC1. The predicted octanol–water partition coefficient (Wildman–Crippen LogP) is 1.37. The van der Waals surface area contributed by atoms with Crippen molar-refractivity contribution in [3.05, 3.63) is 0 Å². The lowest BCUT2D eigenvalue weighted by atomic mass is 10.1. The Kier molecular flexibility index (Phi) is 8.61. The Morgan fingerprint density at radius 3 is 1.61 bits per heavy atom. The molecule has 1 saturated carbocycles. The van der Waals surface area contributed by atoms with Gasteiger partial charge in [0.15, 0.2) is 0 Å². The van der Waals surface area contributed by atoms with Gasteiger partial charge in [0, 0.05) is 0 Å². The highest BCUT2D eigenvalue weighted by atomic mass is 16.5. The van der Waals surface area contributed by atoms with Gasteiger partial charge in [-0.15, -0.1) is 0 Å². The second kappa shape index (κ2) is 9.44. The molecule has 1 N–H and O–H groups in total. The zero-order valence-corrected chi connectivity index (χ0v) is 10.8. The van der Waals surface area contributed by atoms with Crippen LogP contribution in [0.5, 0.6) is 0 Å². The van der Waals surface area contributed by atoms with Crippen molar-refractivity contribution in [2.24, 2.45) is 5.92 Å². The maximum atomic E-state index is 10.4. The van der Waals surface area contributed by atoms with E-state index < -0.39 is 17.9 Å². The molecular formula is C12H20O6. The largest absolute Gasteiger partial charge is 0.481 e. The smallest absolute Gasteiger partial charge is 0.306 e. The van der Waals surface area contributed by atoms with Gasteiger partial charge in [0.2, 0.25) is 0 Å². The Morgan fingerprint density at radius 1 is 1.00 bits per heavy atom. The van der Waals surface area contributed by atoms with Crippen molar-refractivity contribution >= 4 is 17.9 Å². The van der Waals surface area contributed by atoms with Gasteiger partial charge >= 0.3 is 17.9 Å². The van der Waals surface area contributed by atoms with Crippen LogP contribution in [0.3, 0.4) is 0 Å². The highest BCUT2D eigenvalue weighted by molar-refractivity contribution is 5.77. The molecule has 0 amide bonds. The summed E-state index contributed by atoms with van der Waals surface area (Å²) in [5.41, 5.74) is 0. The van der Waals surface area contributed by atoms with Gasteiger partial charge in [0.25, 0.3) is 0 Å². The molecule has 6 nitrogen and oxygen atoms in total. The van der Waals surface area contributed by atoms with Crippen molar-refractivity contribution in [3.63, 3.8) is 0 Å². The average Bonchev–Trinajstić information content (AvgIpc) is 2.90. The Labute approximate surface area is 106 Å². The van der Waals surface area contributed by atoms with Crippen LogP contribution < -0.4 is 0 Å². The number of ether oxygens (including phenoxy) is 2. The standard InChI is InChI=1S/C6H10O4.C6H10O2/c1-9-5(7)3-4-6(8)10-2;7-6(8)5-3-1-2-4-5/h3-4H2,1-2H3;5H,1-4H2,(H,7,8). The molecule has 0 spiro atoms. The van der Waals surface area contributed by atoms with Crippen molar-refractivity contribution in [1.29, 1.82) is 0 Å². The number of hydrogen-bond donors (Lipinski definition) is 1. The van der Waals surface area contributed by atoms with E-state index in [-0.39, 0.29) is 18.8 Å². The molecule has 0 heterocycles. The lowest BCUT2D eigenvalue weighted by molar-refractivity contribution is -0.147. The molecule has 0 radical (unpaired) electrons. The lowest BCUT2D eigenvalue weighted by Gasteiger charge is -1.97. The fourth-order valence-corrected chi connectivity index (χ4v) is 1.58. The quantitative estimate of drug-likeness (QED) is 0.768. The van der Waals surface area contributed by atoms with Crippen LogP contribution in [0, 0.1) is 5.92 Å². The fourth-order valence-electron chi connectivity index (χ4n) is 1.58. The molecule has 0 saturated heterocycles. The molecule has 0 aromatic carbocycles. The molecule has 0 aromatic heterocycles. The fraction of sp³-hybridized carbons (Fsp3) is 0.750. The first-order valence-electron chi connectivity index (χ1n) is 5.87. The molecule has 0 atom stereocenters. The third-order valence-corrected chi connectivity index (χ3v) is 2.69. The van der Waals surface area contributed by atoms with Crippen molar-refractivity contribution in [1.82, 2.24) is 0 Å². The van der Waals surface area contributed by atoms with Crippen molar-refractivity contribution in [3.8, 4) is 0 Å². The minimum atomic E-state index is -0.609. The molecule has 1 aliphatic carbocycles. The number of methoxy groups -OCH3 is 2. The summed E-state index contributed by atoms with van der Waals surface area (Å²) in [7, 11) is 2.55. The zero-order chi connectivity index (χ0) is 14.0. The van der Waals surface area contributed by atoms with Crippen molar-refractivity contribution < 1.29 is 29.0 Å². The number of esters is 2. The van der Waals surface area contributed by atoms with E-state index in [1.54, 1.807) is 0 Å². The van der Waals surface area contributed by atoms with Crippen LogP contribution in [0.15, 0.2) is 0 Å². The van der Waals surface area contributed by atoms with Crippen LogP contribution in [-0.4, -0.2) is 37.2 Å². The molecule has 0 aliphatic heterocycles. The Bertz CT molecular complexity index is 264. The summed E-state index contributed by atoms with van der Waals surface area (Å²) in [6, 6.07) is 0. The number of carbonyl (C=O) groups is 3. The van der Waals surface area contributed by atoms with Gasteiger partial charge < -0.3 is 14.6 Å². The molecule has 0 bridgehead atoms. The lowest BCUT2D eigenvalue weighted by Crippen LogP contribution is -2.07. The maximum absolute atomic E-state index is 10.4. The summed E-state index contributed by atoms with van der Waals surface area (Å²) in [5.74, 6) is -1.42. The van der Waals surface area contributed by atoms with Gasteiger partial charge in [-0.25, -0.2) is 0 Å². The number of aliphatic carboxylic acids is 1. The van der Waals surface area contributed by atoms with E-state index in [1.807, 2.05) is 0 Å². The molecule has 1 fully saturated rings. The Hall–Kier alpha value is -1.59. The number of hydrogen-bond acceptors (Lipinski definition) is 5. The van der Waals surface area contributed by atoms with E-state index >= 15 is 0 Å². The van der Waals surface area contributed by atoms with Crippen LogP contribution in [0.25, 0.3) is 0 Å². The normalized spacial score (nSPS) is 14.3. The van der Waals surface area contributed by atoms with Gasteiger partial charge in [0.1, 0.15) is 0 Å². The molecule has 0 aromatic rings. The predicted molar refractivity (Wildman–Crippen MR) is 62.9 cm³/mol. The summed E-state index contributed by atoms with van der Waals surface area (Å²) in [6.07, 6.45) is 4.19. The second-order valence-electron chi connectivity index (χ2n) is 3.97. The Balaban J connectivity index is 0.000000327. The summed E-state index contributed by atoms with van der Waals surface area (Å²) >= 11 is 0. The number of carbonyl (C=O) groups excluding carboxylic acids is 2. The van der Waals surface area contributed by atoms with E-state index in [0.717, 1.165) is 25.7 Å². The molecule has 1 aliphatic rings. The van der Waals surface area contributed by atoms with Gasteiger partial charge in [-0.2, -0.15) is 0 Å². The average molecular weight is 260 g/mol. The van der Waals surface area contributed by atoms with Crippen LogP contribution in [0.1, 0.15) is 38.5 Å². The van der Waals surface area contributed by atoms with Crippen LogP contribution in [0.2, 0.25) is 0 Å². The van der Waals surface area contributed by atoms with E-state index in [2.05, 4.69) is 9.47 Å². The molecule has 6 heteroatoms. The number of carboxylic acids is 1. The molecule has 0 unspecified atom stereocenters. The van der Waals surface area contributed by atoms with E-state index in [4.69, 9.17) is 5.11 Å². The minimum Gasteiger partial charge on any atom is -0.481 e. The highest BCUT2D eigenvalue weighted by Crippen LogP contribution is 2.24. The van der Waals surface area contributed by atoms with Crippen LogP contribution in [-0.2, 0) is 23.9 Å². The Morgan fingerprint density at radius 2 is 1.39 bits per heavy atom. The van der Waals surface area contributed by atoms with Crippen LogP contribution in [0.4, 0.5) is 0 Å². The molecular weight excluding hydrogens is 240 g/mol. The van der Waals surface area contributed by atoms with Gasteiger partial charge in [-0.3, -0.25) is 14.4 Å². The van der Waals surface area contributed by atoms with Crippen molar-refractivity contribution in [2.75, 3.05) is 14.2 Å². The highest BCUT2D eigenvalue weighted by Gasteiger charge is 2.21. The zero-order valence-electron chi connectivity index (χ0n) is 10.8. The third-order valence-electron chi connectivity index (χ3n) is 2.69. The minimum absolute atomic E-state index is 0.0185.